The molecule has 5 nitrogen and oxygen atoms in total. The van der Waals surface area contributed by atoms with Crippen LogP contribution in [0.2, 0.25) is 0 Å². The van der Waals surface area contributed by atoms with E-state index in [2.05, 4.69) is 5.32 Å². The summed E-state index contributed by atoms with van der Waals surface area (Å²) in [4.78, 5) is 25.9. The van der Waals surface area contributed by atoms with Crippen LogP contribution in [0.25, 0.3) is 10.4 Å². The number of esters is 1. The van der Waals surface area contributed by atoms with Gasteiger partial charge in [0.1, 0.15) is 16.3 Å². The first-order valence-electron chi connectivity index (χ1n) is 8.82. The van der Waals surface area contributed by atoms with Crippen LogP contribution in [0.5, 0.6) is 5.75 Å². The number of rotatable bonds is 7. The van der Waals surface area contributed by atoms with Crippen molar-refractivity contribution in [2.75, 3.05) is 18.5 Å². The smallest absolute Gasteiger partial charge is 0.341 e. The van der Waals surface area contributed by atoms with Crippen molar-refractivity contribution in [3.05, 3.63) is 57.8 Å². The summed E-state index contributed by atoms with van der Waals surface area (Å²) in [5.74, 6) is -0.102. The Labute approximate surface area is 171 Å². The normalized spacial score (nSPS) is 10.5. The first kappa shape index (κ1) is 20.1. The van der Waals surface area contributed by atoms with Gasteiger partial charge in [-0.05, 0) is 49.4 Å². The Bertz CT molecular complexity index is 976. The van der Waals surface area contributed by atoms with E-state index in [9.17, 15) is 9.59 Å². The Morgan fingerprint density at radius 1 is 1.14 bits per heavy atom. The zero-order valence-electron chi connectivity index (χ0n) is 15.9. The topological polar surface area (TPSA) is 64.6 Å². The number of aryl methyl sites for hydroxylation is 2. The van der Waals surface area contributed by atoms with Gasteiger partial charge >= 0.3 is 5.97 Å². The highest BCUT2D eigenvalue weighted by atomic mass is 32.1. The van der Waals surface area contributed by atoms with E-state index in [-0.39, 0.29) is 19.1 Å². The van der Waals surface area contributed by atoms with Crippen molar-refractivity contribution in [3.8, 4) is 16.2 Å². The molecule has 0 fully saturated rings. The van der Waals surface area contributed by atoms with Crippen LogP contribution in [-0.4, -0.2) is 25.1 Å². The Balaban J connectivity index is 1.77. The predicted molar refractivity (Wildman–Crippen MR) is 114 cm³/mol. The van der Waals surface area contributed by atoms with E-state index in [4.69, 9.17) is 9.47 Å². The zero-order valence-corrected chi connectivity index (χ0v) is 17.5. The van der Waals surface area contributed by atoms with E-state index in [1.54, 1.807) is 6.92 Å². The maximum absolute atomic E-state index is 12.5. The molecule has 0 spiro atoms. The third kappa shape index (κ3) is 4.61. The van der Waals surface area contributed by atoms with Gasteiger partial charge in [0.15, 0.2) is 6.61 Å². The molecule has 0 radical (unpaired) electrons. The van der Waals surface area contributed by atoms with Crippen LogP contribution >= 0.6 is 22.7 Å². The van der Waals surface area contributed by atoms with Crippen molar-refractivity contribution in [2.24, 2.45) is 0 Å². The van der Waals surface area contributed by atoms with Gasteiger partial charge in [-0.15, -0.1) is 22.7 Å². The SMILES string of the molecule is CCOC(=O)c1c(-c2cccs2)csc1NC(=O)COc1cc(C)ccc1C. The molecule has 28 heavy (non-hydrogen) atoms. The van der Waals surface area contributed by atoms with Crippen LogP contribution in [0.3, 0.4) is 0 Å². The molecule has 1 amide bonds. The summed E-state index contributed by atoms with van der Waals surface area (Å²) < 4.78 is 10.9. The molecule has 3 rings (SSSR count). The second-order valence-corrected chi connectivity index (χ2v) is 7.98. The van der Waals surface area contributed by atoms with Crippen molar-refractivity contribution < 1.29 is 19.1 Å². The monoisotopic (exact) mass is 415 g/mol. The molecule has 0 atom stereocenters. The summed E-state index contributed by atoms with van der Waals surface area (Å²) >= 11 is 2.83. The number of ether oxygens (including phenoxy) is 2. The van der Waals surface area contributed by atoms with Gasteiger partial charge in [-0.25, -0.2) is 4.79 Å². The van der Waals surface area contributed by atoms with Crippen molar-refractivity contribution >= 4 is 39.6 Å². The number of anilines is 1. The van der Waals surface area contributed by atoms with Gasteiger partial charge in [-0.1, -0.05) is 18.2 Å². The number of carbonyl (C=O) groups is 2. The summed E-state index contributed by atoms with van der Waals surface area (Å²) in [5, 5.41) is 7.07. The highest BCUT2D eigenvalue weighted by Gasteiger charge is 2.23. The van der Waals surface area contributed by atoms with Gasteiger partial charge < -0.3 is 14.8 Å². The molecule has 0 aliphatic rings. The van der Waals surface area contributed by atoms with Crippen LogP contribution in [0.4, 0.5) is 5.00 Å². The molecule has 0 aliphatic heterocycles. The second kappa shape index (κ2) is 9.03. The summed E-state index contributed by atoms with van der Waals surface area (Å²) in [6.07, 6.45) is 0. The fraction of sp³-hybridized carbons (Fsp3) is 0.238. The van der Waals surface area contributed by atoms with Crippen molar-refractivity contribution in [3.63, 3.8) is 0 Å². The molecule has 3 aromatic rings. The minimum Gasteiger partial charge on any atom is -0.483 e. The van der Waals surface area contributed by atoms with Crippen LogP contribution in [-0.2, 0) is 9.53 Å². The standard InChI is InChI=1S/C21H21NO4S2/c1-4-25-21(24)19-15(17-6-5-9-27-17)12-28-20(19)22-18(23)11-26-16-10-13(2)7-8-14(16)3/h5-10,12H,4,11H2,1-3H3,(H,22,23). The Morgan fingerprint density at radius 2 is 1.96 bits per heavy atom. The molecular weight excluding hydrogens is 394 g/mol. The molecule has 0 unspecified atom stereocenters. The summed E-state index contributed by atoms with van der Waals surface area (Å²) in [7, 11) is 0. The lowest BCUT2D eigenvalue weighted by atomic mass is 10.1. The average Bonchev–Trinajstić information content (AvgIpc) is 3.32. The fourth-order valence-corrected chi connectivity index (χ4v) is 4.43. The molecule has 0 bridgehead atoms. The van der Waals surface area contributed by atoms with Crippen molar-refractivity contribution in [1.29, 1.82) is 0 Å². The highest BCUT2D eigenvalue weighted by Crippen LogP contribution is 2.38. The molecular formula is C21H21NO4S2. The third-order valence-electron chi connectivity index (χ3n) is 4.01. The van der Waals surface area contributed by atoms with E-state index < -0.39 is 5.97 Å². The summed E-state index contributed by atoms with van der Waals surface area (Å²) in [5.41, 5.74) is 3.17. The fourth-order valence-electron chi connectivity index (χ4n) is 2.64. The first-order valence-corrected chi connectivity index (χ1v) is 10.6. The maximum Gasteiger partial charge on any atom is 0.341 e. The summed E-state index contributed by atoms with van der Waals surface area (Å²) in [6, 6.07) is 9.69. The third-order valence-corrected chi connectivity index (χ3v) is 5.81. The van der Waals surface area contributed by atoms with E-state index in [1.807, 2.05) is 54.9 Å². The minimum atomic E-state index is -0.446. The molecule has 7 heteroatoms. The summed E-state index contributed by atoms with van der Waals surface area (Å²) in [6.45, 7) is 5.78. The van der Waals surface area contributed by atoms with E-state index in [0.717, 1.165) is 21.6 Å². The Kier molecular flexibility index (Phi) is 6.49. The number of carbonyl (C=O) groups excluding carboxylic acids is 2. The number of benzene rings is 1. The Morgan fingerprint density at radius 3 is 2.68 bits per heavy atom. The van der Waals surface area contributed by atoms with Crippen LogP contribution < -0.4 is 10.1 Å². The minimum absolute atomic E-state index is 0.140. The quantitative estimate of drug-likeness (QED) is 0.533. The van der Waals surface area contributed by atoms with Gasteiger partial charge in [0.25, 0.3) is 5.91 Å². The second-order valence-electron chi connectivity index (χ2n) is 6.16. The molecule has 1 N–H and O–H groups in total. The molecule has 0 aliphatic carbocycles. The van der Waals surface area contributed by atoms with Crippen molar-refractivity contribution in [2.45, 2.75) is 20.8 Å². The van der Waals surface area contributed by atoms with Gasteiger partial charge in [0.2, 0.25) is 0 Å². The predicted octanol–water partition coefficient (Wildman–Crippen LogP) is 5.29. The van der Waals surface area contributed by atoms with Crippen molar-refractivity contribution in [1.82, 2.24) is 0 Å². The molecule has 0 saturated heterocycles. The van der Waals surface area contributed by atoms with Gasteiger partial charge in [-0.2, -0.15) is 0 Å². The molecule has 0 saturated carbocycles. The largest absolute Gasteiger partial charge is 0.483 e. The molecule has 2 heterocycles. The maximum atomic E-state index is 12.5. The van der Waals surface area contributed by atoms with Crippen LogP contribution in [0.1, 0.15) is 28.4 Å². The lowest BCUT2D eigenvalue weighted by Crippen LogP contribution is -2.21. The molecule has 146 valence electrons. The van der Waals surface area contributed by atoms with E-state index in [1.165, 1.54) is 22.7 Å². The number of thiophene rings is 2. The van der Waals surface area contributed by atoms with Gasteiger partial charge in [0.05, 0.1) is 6.61 Å². The van der Waals surface area contributed by atoms with Crippen LogP contribution in [0.15, 0.2) is 41.1 Å². The average molecular weight is 416 g/mol. The van der Waals surface area contributed by atoms with Gasteiger partial charge in [0, 0.05) is 15.8 Å². The highest BCUT2D eigenvalue weighted by molar-refractivity contribution is 7.17. The zero-order chi connectivity index (χ0) is 20.1. The molecule has 2 aromatic heterocycles. The number of hydrogen-bond acceptors (Lipinski definition) is 6. The number of amides is 1. The first-order chi connectivity index (χ1) is 13.5. The van der Waals surface area contributed by atoms with Gasteiger partial charge in [-0.3, -0.25) is 4.79 Å². The number of hydrogen-bond donors (Lipinski definition) is 1. The lowest BCUT2D eigenvalue weighted by Gasteiger charge is -2.11. The van der Waals surface area contributed by atoms with Crippen LogP contribution in [0, 0.1) is 13.8 Å². The Hall–Kier alpha value is -2.64. The number of nitrogens with one attached hydrogen (secondary N) is 1. The van der Waals surface area contributed by atoms with E-state index >= 15 is 0 Å². The molecule has 1 aromatic carbocycles. The van der Waals surface area contributed by atoms with E-state index in [0.29, 0.717) is 16.3 Å². The lowest BCUT2D eigenvalue weighted by molar-refractivity contribution is -0.118.